The Morgan fingerprint density at radius 3 is 2.62 bits per heavy atom. The van der Waals surface area contributed by atoms with Crippen molar-refractivity contribution in [2.45, 2.75) is 18.4 Å². The van der Waals surface area contributed by atoms with Gasteiger partial charge in [-0.3, -0.25) is 0 Å². The molecule has 0 aliphatic rings. The molecular formula is C12H12ClNO4S3. The average Bonchev–Trinajstić information content (AvgIpc) is 2.95. The molecule has 0 spiro atoms. The fraction of sp³-hybridized carbons (Fsp3) is 0.250. The fourth-order valence-electron chi connectivity index (χ4n) is 1.80. The van der Waals surface area contributed by atoms with Crippen LogP contribution in [0.3, 0.4) is 0 Å². The van der Waals surface area contributed by atoms with Crippen molar-refractivity contribution in [3.8, 4) is 0 Å². The molecule has 1 N–H and O–H groups in total. The number of rotatable bonds is 5. The van der Waals surface area contributed by atoms with Crippen LogP contribution in [-0.2, 0) is 16.6 Å². The highest BCUT2D eigenvalue weighted by Crippen LogP contribution is 2.30. The Hall–Kier alpha value is -0.930. The van der Waals surface area contributed by atoms with Gasteiger partial charge < -0.3 is 5.11 Å². The molecule has 0 aliphatic heterocycles. The summed E-state index contributed by atoms with van der Waals surface area (Å²) in [7, 11) is -2.44. The average molecular weight is 366 g/mol. The third kappa shape index (κ3) is 3.29. The maximum absolute atomic E-state index is 12.6. The maximum Gasteiger partial charge on any atom is 0.347 e. The number of thiophene rings is 2. The van der Waals surface area contributed by atoms with Crippen LogP contribution >= 0.6 is 34.3 Å². The first-order valence-electron chi connectivity index (χ1n) is 5.75. The van der Waals surface area contributed by atoms with E-state index in [2.05, 4.69) is 0 Å². The van der Waals surface area contributed by atoms with Crippen molar-refractivity contribution in [1.82, 2.24) is 4.31 Å². The van der Waals surface area contributed by atoms with E-state index in [4.69, 9.17) is 16.7 Å². The van der Waals surface area contributed by atoms with Gasteiger partial charge in [0.25, 0.3) is 0 Å². The predicted octanol–water partition coefficient (Wildman–Crippen LogP) is 3.29. The van der Waals surface area contributed by atoms with E-state index < -0.39 is 16.0 Å². The largest absolute Gasteiger partial charge is 0.477 e. The number of carbonyl (C=O) groups is 1. The molecule has 21 heavy (non-hydrogen) atoms. The van der Waals surface area contributed by atoms with Crippen molar-refractivity contribution >= 4 is 50.3 Å². The first kappa shape index (κ1) is 16.4. The van der Waals surface area contributed by atoms with Crippen LogP contribution in [0.25, 0.3) is 0 Å². The molecule has 0 fully saturated rings. The monoisotopic (exact) mass is 365 g/mol. The van der Waals surface area contributed by atoms with Crippen LogP contribution in [0.2, 0.25) is 4.34 Å². The number of aromatic carboxylic acids is 1. The van der Waals surface area contributed by atoms with Gasteiger partial charge in [0.2, 0.25) is 10.0 Å². The number of halogens is 1. The molecule has 0 saturated heterocycles. The Morgan fingerprint density at radius 1 is 1.43 bits per heavy atom. The number of carboxylic acid groups (broad SMARTS) is 1. The van der Waals surface area contributed by atoms with Crippen LogP contribution in [0, 0.1) is 6.92 Å². The summed E-state index contributed by atoms with van der Waals surface area (Å²) in [4.78, 5) is 11.7. The number of hydrogen-bond acceptors (Lipinski definition) is 5. The Labute approximate surface area is 135 Å². The molecule has 2 aromatic heterocycles. The molecule has 2 heterocycles. The maximum atomic E-state index is 12.6. The lowest BCUT2D eigenvalue weighted by molar-refractivity contribution is 0.0698. The second-order valence-corrected chi connectivity index (χ2v) is 9.01. The molecule has 0 bridgehead atoms. The van der Waals surface area contributed by atoms with Gasteiger partial charge in [-0.05, 0) is 30.0 Å². The van der Waals surface area contributed by atoms with E-state index in [1.54, 1.807) is 19.1 Å². The van der Waals surface area contributed by atoms with Crippen LogP contribution in [0.4, 0.5) is 0 Å². The molecule has 0 aromatic carbocycles. The van der Waals surface area contributed by atoms with Gasteiger partial charge in [-0.15, -0.1) is 22.7 Å². The van der Waals surface area contributed by atoms with Crippen molar-refractivity contribution in [3.63, 3.8) is 0 Å². The van der Waals surface area contributed by atoms with Gasteiger partial charge in [-0.1, -0.05) is 11.6 Å². The summed E-state index contributed by atoms with van der Waals surface area (Å²) in [5, 5.41) is 10.7. The zero-order valence-electron chi connectivity index (χ0n) is 11.2. The second-order valence-electron chi connectivity index (χ2n) is 4.35. The summed E-state index contributed by atoms with van der Waals surface area (Å²) in [6.45, 7) is 1.74. The molecule has 0 radical (unpaired) electrons. The van der Waals surface area contributed by atoms with Crippen molar-refractivity contribution in [3.05, 3.63) is 37.2 Å². The summed E-state index contributed by atoms with van der Waals surface area (Å²) >= 11 is 8.03. The molecule has 5 nitrogen and oxygen atoms in total. The van der Waals surface area contributed by atoms with E-state index in [9.17, 15) is 13.2 Å². The molecule has 2 aromatic rings. The lowest BCUT2D eigenvalue weighted by atomic mass is 10.3. The molecule has 2 rings (SSSR count). The summed E-state index contributed by atoms with van der Waals surface area (Å²) in [5.41, 5.74) is 0.438. The van der Waals surface area contributed by atoms with E-state index in [0.717, 1.165) is 20.5 Å². The minimum absolute atomic E-state index is 0.134. The highest BCUT2D eigenvalue weighted by Gasteiger charge is 2.30. The van der Waals surface area contributed by atoms with E-state index in [0.29, 0.717) is 9.90 Å². The van der Waals surface area contributed by atoms with Gasteiger partial charge >= 0.3 is 5.97 Å². The second kappa shape index (κ2) is 6.05. The van der Waals surface area contributed by atoms with E-state index in [-0.39, 0.29) is 16.3 Å². The number of hydrogen-bond donors (Lipinski definition) is 1. The third-order valence-corrected chi connectivity index (χ3v) is 7.21. The van der Waals surface area contributed by atoms with E-state index in [1.165, 1.54) is 23.8 Å². The molecule has 0 saturated carbocycles. The third-order valence-electron chi connectivity index (χ3n) is 2.79. The molecule has 0 atom stereocenters. The van der Waals surface area contributed by atoms with Gasteiger partial charge in [0, 0.05) is 18.5 Å². The van der Waals surface area contributed by atoms with E-state index in [1.807, 2.05) is 0 Å². The Bertz CT molecular complexity index is 778. The smallest absolute Gasteiger partial charge is 0.347 e. The Kier molecular flexibility index (Phi) is 4.74. The van der Waals surface area contributed by atoms with Gasteiger partial charge in [0.1, 0.15) is 9.77 Å². The van der Waals surface area contributed by atoms with Crippen LogP contribution in [-0.4, -0.2) is 30.8 Å². The summed E-state index contributed by atoms with van der Waals surface area (Å²) in [5.74, 6) is -1.24. The Morgan fingerprint density at radius 2 is 2.10 bits per heavy atom. The SMILES string of the molecule is Cc1csc(C(=O)O)c1S(=O)(=O)N(C)Cc1ccc(Cl)s1. The summed E-state index contributed by atoms with van der Waals surface area (Å²) in [6, 6.07) is 3.44. The molecule has 114 valence electrons. The van der Waals surface area contributed by atoms with Crippen molar-refractivity contribution < 1.29 is 18.3 Å². The summed E-state index contributed by atoms with van der Waals surface area (Å²) < 4.78 is 26.9. The standard InChI is InChI=1S/C12H12ClNO4S3/c1-7-6-19-10(12(15)16)11(7)21(17,18)14(2)5-8-3-4-9(13)20-8/h3-4,6H,5H2,1-2H3,(H,15,16). The molecule has 9 heteroatoms. The Balaban J connectivity index is 2.37. The number of aryl methyl sites for hydroxylation is 1. The molecule has 0 aliphatic carbocycles. The molecule has 0 unspecified atom stereocenters. The van der Waals surface area contributed by atoms with Gasteiger partial charge in [0.15, 0.2) is 0 Å². The van der Waals surface area contributed by atoms with E-state index >= 15 is 0 Å². The fourth-order valence-corrected chi connectivity index (χ4v) is 5.75. The van der Waals surface area contributed by atoms with Gasteiger partial charge in [0.05, 0.1) is 4.34 Å². The zero-order valence-corrected chi connectivity index (χ0v) is 14.4. The highest BCUT2D eigenvalue weighted by atomic mass is 35.5. The van der Waals surface area contributed by atoms with Crippen LogP contribution in [0.15, 0.2) is 22.4 Å². The normalized spacial score (nSPS) is 12.0. The van der Waals surface area contributed by atoms with Crippen molar-refractivity contribution in [2.24, 2.45) is 0 Å². The van der Waals surface area contributed by atoms with Crippen LogP contribution in [0.1, 0.15) is 20.1 Å². The number of carboxylic acids is 1. The minimum atomic E-state index is -3.86. The lowest BCUT2D eigenvalue weighted by Gasteiger charge is -2.17. The summed E-state index contributed by atoms with van der Waals surface area (Å²) in [6.07, 6.45) is 0. The molecular weight excluding hydrogens is 354 g/mol. The van der Waals surface area contributed by atoms with Gasteiger partial charge in [-0.2, -0.15) is 4.31 Å². The number of sulfonamides is 1. The highest BCUT2D eigenvalue weighted by molar-refractivity contribution is 7.89. The van der Waals surface area contributed by atoms with Gasteiger partial charge in [-0.25, -0.2) is 13.2 Å². The quantitative estimate of drug-likeness (QED) is 0.882. The minimum Gasteiger partial charge on any atom is -0.477 e. The van der Waals surface area contributed by atoms with Crippen LogP contribution < -0.4 is 0 Å². The predicted molar refractivity (Wildman–Crippen MR) is 84.0 cm³/mol. The van der Waals surface area contributed by atoms with Crippen molar-refractivity contribution in [1.29, 1.82) is 0 Å². The first-order chi connectivity index (χ1) is 9.73. The lowest BCUT2D eigenvalue weighted by Crippen LogP contribution is -2.27. The van der Waals surface area contributed by atoms with Crippen LogP contribution in [0.5, 0.6) is 0 Å². The topological polar surface area (TPSA) is 74.7 Å². The zero-order chi connectivity index (χ0) is 15.8. The van der Waals surface area contributed by atoms with Crippen molar-refractivity contribution in [2.75, 3.05) is 7.05 Å². The number of nitrogens with zero attached hydrogens (tertiary/aromatic N) is 1. The molecule has 0 amide bonds. The first-order valence-corrected chi connectivity index (χ1v) is 9.27.